The monoisotopic (exact) mass is 498 g/mol. The summed E-state index contributed by atoms with van der Waals surface area (Å²) in [4.78, 5) is 13.8. The zero-order valence-electron chi connectivity index (χ0n) is 20.5. The molecule has 4 aliphatic heterocycles. The van der Waals surface area contributed by atoms with Crippen molar-refractivity contribution >= 4 is 27.2 Å². The second kappa shape index (κ2) is 8.90. The van der Waals surface area contributed by atoms with Crippen LogP contribution in [0.4, 0.5) is 17.3 Å². The van der Waals surface area contributed by atoms with Gasteiger partial charge in [-0.25, -0.2) is 18.4 Å². The zero-order valence-corrected chi connectivity index (χ0v) is 21.3. The Labute approximate surface area is 207 Å². The summed E-state index contributed by atoms with van der Waals surface area (Å²) in [7, 11) is -2.98. The molecule has 188 valence electrons. The van der Waals surface area contributed by atoms with E-state index < -0.39 is 9.84 Å². The molecule has 2 N–H and O–H groups in total. The smallest absolute Gasteiger partial charge is 0.153 e. The van der Waals surface area contributed by atoms with Gasteiger partial charge in [-0.15, -0.1) is 0 Å². The lowest BCUT2D eigenvalue weighted by Crippen LogP contribution is -2.58. The lowest BCUT2D eigenvalue weighted by atomic mass is 9.87. The first-order chi connectivity index (χ1) is 16.9. The van der Waals surface area contributed by atoms with Crippen LogP contribution in [0.25, 0.3) is 0 Å². The van der Waals surface area contributed by atoms with Crippen molar-refractivity contribution in [3.63, 3.8) is 0 Å². The van der Waals surface area contributed by atoms with Crippen molar-refractivity contribution in [2.24, 2.45) is 0 Å². The third kappa shape index (κ3) is 4.36. The first-order valence-electron chi connectivity index (χ1n) is 12.7. The number of benzene rings is 1. The van der Waals surface area contributed by atoms with E-state index in [0.717, 1.165) is 60.4 Å². The first-order valence-corrected chi connectivity index (χ1v) is 14.5. The van der Waals surface area contributed by atoms with Gasteiger partial charge in [0.15, 0.2) is 9.84 Å². The Hall–Kier alpha value is -2.43. The summed E-state index contributed by atoms with van der Waals surface area (Å²) in [5.41, 5.74) is 4.30. The van der Waals surface area contributed by atoms with E-state index in [4.69, 9.17) is 4.74 Å². The maximum Gasteiger partial charge on any atom is 0.153 e. The number of rotatable bonds is 3. The molecule has 6 rings (SSSR count). The average molecular weight is 499 g/mol. The van der Waals surface area contributed by atoms with Crippen LogP contribution in [-0.4, -0.2) is 80.1 Å². The topological polar surface area (TPSA) is 99.7 Å². The van der Waals surface area contributed by atoms with E-state index in [0.29, 0.717) is 25.0 Å². The summed E-state index contributed by atoms with van der Waals surface area (Å²) < 4.78 is 30.4. The van der Waals surface area contributed by atoms with Crippen molar-refractivity contribution in [2.45, 2.75) is 44.8 Å². The fourth-order valence-electron chi connectivity index (χ4n) is 5.82. The first kappa shape index (κ1) is 23.0. The van der Waals surface area contributed by atoms with Crippen LogP contribution in [0.1, 0.15) is 48.5 Å². The van der Waals surface area contributed by atoms with Gasteiger partial charge in [0.25, 0.3) is 0 Å². The molecule has 0 bridgehead atoms. The highest BCUT2D eigenvalue weighted by Gasteiger charge is 2.33. The Morgan fingerprint density at radius 2 is 1.80 bits per heavy atom. The lowest BCUT2D eigenvalue weighted by Gasteiger charge is -2.42. The number of aromatic nitrogens is 2. The van der Waals surface area contributed by atoms with Gasteiger partial charge in [0.05, 0.1) is 22.8 Å². The molecule has 0 amide bonds. The minimum atomic E-state index is -2.98. The Bertz CT molecular complexity index is 1210. The Balaban J connectivity index is 1.27. The summed E-state index contributed by atoms with van der Waals surface area (Å²) in [6.45, 7) is 9.55. The molecule has 1 aromatic carbocycles. The number of ether oxygens (including phenoxy) is 1. The van der Waals surface area contributed by atoms with Crippen LogP contribution >= 0.6 is 0 Å². The van der Waals surface area contributed by atoms with E-state index in [9.17, 15) is 8.42 Å². The largest absolute Gasteiger partial charge is 0.483 e. The SMILES string of the molecule is Cc1cc(C2CCN(C3CNC3)CC2)cc2c1O[C@H](C)c1c(ncnc1N1CCS(=O)(=O)CC1)N2. The highest BCUT2D eigenvalue weighted by atomic mass is 32.2. The molecule has 9 nitrogen and oxygen atoms in total. The Morgan fingerprint density at radius 3 is 2.49 bits per heavy atom. The molecule has 35 heavy (non-hydrogen) atoms. The van der Waals surface area contributed by atoms with Gasteiger partial charge in [-0.2, -0.15) is 0 Å². The Morgan fingerprint density at radius 1 is 1.06 bits per heavy atom. The molecule has 4 aliphatic rings. The third-order valence-electron chi connectivity index (χ3n) is 8.04. The van der Waals surface area contributed by atoms with Gasteiger partial charge in [0.2, 0.25) is 0 Å². The van der Waals surface area contributed by atoms with Crippen LogP contribution in [0.15, 0.2) is 18.5 Å². The van der Waals surface area contributed by atoms with Crippen molar-refractivity contribution in [1.29, 1.82) is 0 Å². The maximum atomic E-state index is 12.0. The van der Waals surface area contributed by atoms with Crippen molar-refractivity contribution < 1.29 is 13.2 Å². The molecule has 10 heteroatoms. The van der Waals surface area contributed by atoms with Crippen LogP contribution in [-0.2, 0) is 9.84 Å². The van der Waals surface area contributed by atoms with Gasteiger partial charge in [0.1, 0.15) is 29.8 Å². The molecule has 2 aromatic rings. The molecule has 0 spiro atoms. The van der Waals surface area contributed by atoms with Crippen LogP contribution in [0.2, 0.25) is 0 Å². The summed E-state index contributed by atoms with van der Waals surface area (Å²) in [6.07, 6.45) is 3.64. The molecule has 1 aromatic heterocycles. The number of fused-ring (bicyclic) bond motifs is 2. The number of aryl methyl sites for hydroxylation is 1. The minimum Gasteiger partial charge on any atom is -0.483 e. The number of likely N-dealkylation sites (tertiary alicyclic amines) is 1. The number of hydrogen-bond acceptors (Lipinski definition) is 9. The van der Waals surface area contributed by atoms with E-state index in [2.05, 4.69) is 44.6 Å². The van der Waals surface area contributed by atoms with Crippen LogP contribution in [0.3, 0.4) is 0 Å². The summed E-state index contributed by atoms with van der Waals surface area (Å²) >= 11 is 0. The summed E-state index contributed by atoms with van der Waals surface area (Å²) in [5.74, 6) is 3.18. The molecular formula is C25H34N6O3S. The van der Waals surface area contributed by atoms with E-state index in [1.165, 1.54) is 18.4 Å². The van der Waals surface area contributed by atoms with Crippen molar-refractivity contribution in [3.8, 4) is 5.75 Å². The fraction of sp³-hybridized carbons (Fsp3) is 0.600. The maximum absolute atomic E-state index is 12.0. The van der Waals surface area contributed by atoms with E-state index in [1.54, 1.807) is 6.33 Å². The zero-order chi connectivity index (χ0) is 24.2. The molecule has 3 saturated heterocycles. The highest BCUT2D eigenvalue weighted by Crippen LogP contribution is 2.45. The molecule has 0 radical (unpaired) electrons. The van der Waals surface area contributed by atoms with Crippen LogP contribution < -0.4 is 20.3 Å². The van der Waals surface area contributed by atoms with Crippen molar-refractivity contribution in [3.05, 3.63) is 35.2 Å². The second-order valence-electron chi connectivity index (χ2n) is 10.3. The lowest BCUT2D eigenvalue weighted by molar-refractivity contribution is 0.113. The van der Waals surface area contributed by atoms with Crippen molar-refractivity contribution in [1.82, 2.24) is 20.2 Å². The number of piperidine rings is 1. The standard InChI is InChI=1S/C25H34N6O3S/c1-16-11-19(18-3-5-30(6-4-18)20-13-26-14-20)12-21-23(16)34-17(2)22-24(29-21)27-15-28-25(22)31-7-9-35(32,33)10-8-31/h11-12,15,17-18,20,26H,3-10,13-14H2,1-2H3,(H,27,28,29)/t17-/m1/s1. The molecule has 1 atom stereocenters. The Kier molecular flexibility index (Phi) is 5.85. The predicted molar refractivity (Wildman–Crippen MR) is 137 cm³/mol. The quantitative estimate of drug-likeness (QED) is 0.661. The number of nitrogens with zero attached hydrogens (tertiary/aromatic N) is 4. The van der Waals surface area contributed by atoms with Gasteiger partial charge in [-0.05, 0) is 62.9 Å². The van der Waals surface area contributed by atoms with Gasteiger partial charge in [0, 0.05) is 32.2 Å². The molecule has 5 heterocycles. The van der Waals surface area contributed by atoms with Gasteiger partial charge < -0.3 is 20.3 Å². The van der Waals surface area contributed by atoms with Crippen LogP contribution in [0, 0.1) is 6.92 Å². The number of sulfone groups is 1. The molecule has 3 fully saturated rings. The van der Waals surface area contributed by atoms with E-state index in [1.807, 2.05) is 11.8 Å². The van der Waals surface area contributed by atoms with E-state index in [-0.39, 0.29) is 17.6 Å². The summed E-state index contributed by atoms with van der Waals surface area (Å²) in [6, 6.07) is 5.24. The van der Waals surface area contributed by atoms with Gasteiger partial charge in [-0.3, -0.25) is 4.90 Å². The summed E-state index contributed by atoms with van der Waals surface area (Å²) in [5, 5.41) is 6.94. The number of anilines is 3. The highest BCUT2D eigenvalue weighted by molar-refractivity contribution is 7.91. The van der Waals surface area contributed by atoms with E-state index >= 15 is 0 Å². The van der Waals surface area contributed by atoms with Gasteiger partial charge >= 0.3 is 0 Å². The molecule has 0 aliphatic carbocycles. The number of nitrogens with one attached hydrogen (secondary N) is 2. The third-order valence-corrected chi connectivity index (χ3v) is 9.64. The fourth-order valence-corrected chi connectivity index (χ4v) is 7.02. The average Bonchev–Trinajstić information content (AvgIpc) is 2.95. The normalized spacial score (nSPS) is 25.0. The molecule has 0 saturated carbocycles. The minimum absolute atomic E-state index is 0.146. The van der Waals surface area contributed by atoms with Gasteiger partial charge in [-0.1, -0.05) is 6.07 Å². The predicted octanol–water partition coefficient (Wildman–Crippen LogP) is 2.37. The van der Waals surface area contributed by atoms with Crippen LogP contribution in [0.5, 0.6) is 5.75 Å². The molecule has 0 unspecified atom stereocenters. The second-order valence-corrected chi connectivity index (χ2v) is 12.6. The number of hydrogen-bond donors (Lipinski definition) is 2. The van der Waals surface area contributed by atoms with Crippen molar-refractivity contribution in [2.75, 3.05) is 61.0 Å². The molecular weight excluding hydrogens is 464 g/mol.